The van der Waals surface area contributed by atoms with Gasteiger partial charge in [0, 0.05) is 18.1 Å². The Morgan fingerprint density at radius 2 is 1.86 bits per heavy atom. The summed E-state index contributed by atoms with van der Waals surface area (Å²) in [5, 5.41) is 0. The van der Waals surface area contributed by atoms with E-state index in [2.05, 4.69) is 0 Å². The van der Waals surface area contributed by atoms with Crippen molar-refractivity contribution < 1.29 is 18.3 Å². The minimum Gasteiger partial charge on any atom is -0.373 e. The summed E-state index contributed by atoms with van der Waals surface area (Å²) in [5.74, 6) is -1.82. The first-order valence-corrected chi connectivity index (χ1v) is 6.82. The molecule has 0 spiro atoms. The number of Topliss-reactive ketones (excluding diaryl/α,β-unsaturated/α-hetero) is 1. The second kappa shape index (κ2) is 5.74. The van der Waals surface area contributed by atoms with Crippen LogP contribution in [0.1, 0.15) is 34.0 Å². The molecule has 2 aromatic rings. The van der Waals surface area contributed by atoms with Crippen LogP contribution in [0, 0.1) is 11.6 Å². The van der Waals surface area contributed by atoms with E-state index >= 15 is 0 Å². The molecule has 1 aliphatic heterocycles. The maximum atomic E-state index is 13.2. The lowest BCUT2D eigenvalue weighted by atomic mass is 9.93. The van der Waals surface area contributed by atoms with Gasteiger partial charge in [-0.25, -0.2) is 8.78 Å². The van der Waals surface area contributed by atoms with Crippen LogP contribution in [0.2, 0.25) is 0 Å². The largest absolute Gasteiger partial charge is 0.373 e. The van der Waals surface area contributed by atoms with E-state index < -0.39 is 11.6 Å². The quantitative estimate of drug-likeness (QED) is 0.802. The first-order valence-electron chi connectivity index (χ1n) is 6.82. The molecule has 0 amide bonds. The van der Waals surface area contributed by atoms with E-state index in [1.165, 1.54) is 0 Å². The molecule has 0 radical (unpaired) electrons. The Bertz CT molecular complexity index is 662. The highest BCUT2D eigenvalue weighted by Crippen LogP contribution is 2.30. The van der Waals surface area contributed by atoms with Crippen LogP contribution in [0.25, 0.3) is 0 Å². The van der Waals surface area contributed by atoms with Crippen molar-refractivity contribution in [1.29, 1.82) is 0 Å². The van der Waals surface area contributed by atoms with Crippen molar-refractivity contribution in [2.45, 2.75) is 18.9 Å². The highest BCUT2D eigenvalue weighted by molar-refractivity contribution is 5.96. The van der Waals surface area contributed by atoms with Gasteiger partial charge in [-0.05, 0) is 29.7 Å². The van der Waals surface area contributed by atoms with E-state index in [4.69, 9.17) is 4.74 Å². The van der Waals surface area contributed by atoms with Crippen molar-refractivity contribution in [1.82, 2.24) is 0 Å². The third-order valence-corrected chi connectivity index (χ3v) is 3.65. The molecule has 3 rings (SSSR count). The van der Waals surface area contributed by atoms with Gasteiger partial charge in [0.1, 0.15) is 11.6 Å². The van der Waals surface area contributed by atoms with Gasteiger partial charge in [-0.3, -0.25) is 4.79 Å². The summed E-state index contributed by atoms with van der Waals surface area (Å²) in [6, 6.07) is 10.6. The standard InChI is InChI=1S/C17H14F2O2/c18-13-7-12(8-14(19)9-13)16(20)10-17-15-4-2-1-3-11(15)5-6-21-17/h1-4,7-9,17H,5-6,10H2. The SMILES string of the molecule is O=C(CC1OCCc2ccccc21)c1cc(F)cc(F)c1. The summed E-state index contributed by atoms with van der Waals surface area (Å²) in [7, 11) is 0. The Kier molecular flexibility index (Phi) is 3.80. The molecule has 0 saturated carbocycles. The van der Waals surface area contributed by atoms with Crippen molar-refractivity contribution in [3.63, 3.8) is 0 Å². The van der Waals surface area contributed by atoms with Crippen LogP contribution in [0.4, 0.5) is 8.78 Å². The lowest BCUT2D eigenvalue weighted by molar-refractivity contribution is 0.0351. The first kappa shape index (κ1) is 13.9. The summed E-state index contributed by atoms with van der Waals surface area (Å²) in [5.41, 5.74) is 2.18. The first-order chi connectivity index (χ1) is 10.1. The van der Waals surface area contributed by atoms with Gasteiger partial charge in [-0.2, -0.15) is 0 Å². The zero-order valence-electron chi connectivity index (χ0n) is 11.3. The zero-order chi connectivity index (χ0) is 14.8. The molecule has 1 unspecified atom stereocenters. The lowest BCUT2D eigenvalue weighted by Crippen LogP contribution is -2.19. The van der Waals surface area contributed by atoms with Crippen LogP contribution < -0.4 is 0 Å². The van der Waals surface area contributed by atoms with E-state index in [1.54, 1.807) is 0 Å². The molecular formula is C17H14F2O2. The molecule has 2 aromatic carbocycles. The Morgan fingerprint density at radius 1 is 1.14 bits per heavy atom. The highest BCUT2D eigenvalue weighted by Gasteiger charge is 2.24. The van der Waals surface area contributed by atoms with Gasteiger partial charge in [0.25, 0.3) is 0 Å². The summed E-state index contributed by atoms with van der Waals surface area (Å²) >= 11 is 0. The number of ketones is 1. The molecule has 21 heavy (non-hydrogen) atoms. The van der Waals surface area contributed by atoms with Gasteiger partial charge in [0.15, 0.2) is 5.78 Å². The van der Waals surface area contributed by atoms with Gasteiger partial charge < -0.3 is 4.74 Å². The maximum Gasteiger partial charge on any atom is 0.166 e. The van der Waals surface area contributed by atoms with Crippen LogP contribution >= 0.6 is 0 Å². The Labute approximate surface area is 121 Å². The molecule has 0 saturated heterocycles. The molecule has 1 heterocycles. The fourth-order valence-corrected chi connectivity index (χ4v) is 2.65. The minimum absolute atomic E-state index is 0.0409. The normalized spacial score (nSPS) is 17.3. The topological polar surface area (TPSA) is 26.3 Å². The summed E-state index contributed by atoms with van der Waals surface area (Å²) in [6.07, 6.45) is 0.545. The third-order valence-electron chi connectivity index (χ3n) is 3.65. The number of carbonyl (C=O) groups excluding carboxylic acids is 1. The number of hydrogen-bond donors (Lipinski definition) is 0. The van der Waals surface area contributed by atoms with Crippen LogP contribution in [-0.4, -0.2) is 12.4 Å². The number of ether oxygens (including phenoxy) is 1. The molecule has 108 valence electrons. The van der Waals surface area contributed by atoms with Crippen LogP contribution in [0.5, 0.6) is 0 Å². The van der Waals surface area contributed by atoms with Crippen molar-refractivity contribution in [3.8, 4) is 0 Å². The van der Waals surface area contributed by atoms with Crippen LogP contribution in [0.3, 0.4) is 0 Å². The molecule has 0 N–H and O–H groups in total. The number of halogens is 2. The van der Waals surface area contributed by atoms with E-state index in [-0.39, 0.29) is 23.9 Å². The zero-order valence-corrected chi connectivity index (χ0v) is 11.3. The van der Waals surface area contributed by atoms with E-state index in [9.17, 15) is 13.6 Å². The fraction of sp³-hybridized carbons (Fsp3) is 0.235. The summed E-state index contributed by atoms with van der Waals surface area (Å²) in [6.45, 7) is 0.548. The number of rotatable bonds is 3. The van der Waals surface area contributed by atoms with Crippen molar-refractivity contribution >= 4 is 5.78 Å². The molecule has 4 heteroatoms. The van der Waals surface area contributed by atoms with E-state index in [0.29, 0.717) is 6.61 Å². The van der Waals surface area contributed by atoms with E-state index in [0.717, 1.165) is 35.7 Å². The second-order valence-electron chi connectivity index (χ2n) is 5.09. The molecule has 0 aromatic heterocycles. The van der Waals surface area contributed by atoms with Crippen LogP contribution in [0.15, 0.2) is 42.5 Å². The fourth-order valence-electron chi connectivity index (χ4n) is 2.65. The van der Waals surface area contributed by atoms with Gasteiger partial charge in [0.05, 0.1) is 12.7 Å². The highest BCUT2D eigenvalue weighted by atomic mass is 19.1. The molecular weight excluding hydrogens is 274 g/mol. The van der Waals surface area contributed by atoms with Crippen molar-refractivity contribution in [3.05, 3.63) is 70.8 Å². The number of benzene rings is 2. The molecule has 0 fully saturated rings. The van der Waals surface area contributed by atoms with E-state index in [1.807, 2.05) is 24.3 Å². The average molecular weight is 288 g/mol. The third kappa shape index (κ3) is 3.00. The van der Waals surface area contributed by atoms with Gasteiger partial charge in [-0.15, -0.1) is 0 Å². The second-order valence-corrected chi connectivity index (χ2v) is 5.09. The predicted octanol–water partition coefficient (Wildman–Crippen LogP) is 3.85. The number of fused-ring (bicyclic) bond motifs is 1. The molecule has 0 aliphatic carbocycles. The average Bonchev–Trinajstić information content (AvgIpc) is 2.46. The molecule has 1 atom stereocenters. The van der Waals surface area contributed by atoms with Gasteiger partial charge in [0.2, 0.25) is 0 Å². The monoisotopic (exact) mass is 288 g/mol. The molecule has 0 bridgehead atoms. The number of hydrogen-bond acceptors (Lipinski definition) is 2. The van der Waals surface area contributed by atoms with Crippen molar-refractivity contribution in [2.24, 2.45) is 0 Å². The molecule has 1 aliphatic rings. The molecule has 2 nitrogen and oxygen atoms in total. The lowest BCUT2D eigenvalue weighted by Gasteiger charge is -2.25. The summed E-state index contributed by atoms with van der Waals surface area (Å²) in [4.78, 5) is 12.2. The van der Waals surface area contributed by atoms with Gasteiger partial charge in [-0.1, -0.05) is 24.3 Å². The predicted molar refractivity (Wildman–Crippen MR) is 74.1 cm³/mol. The number of carbonyl (C=O) groups is 1. The van der Waals surface area contributed by atoms with Crippen LogP contribution in [-0.2, 0) is 11.2 Å². The maximum absolute atomic E-state index is 13.2. The minimum atomic E-state index is -0.747. The summed E-state index contributed by atoms with van der Waals surface area (Å²) < 4.78 is 32.0. The van der Waals surface area contributed by atoms with Crippen molar-refractivity contribution in [2.75, 3.05) is 6.61 Å². The smallest absolute Gasteiger partial charge is 0.166 e. The Balaban J connectivity index is 1.82. The Hall–Kier alpha value is -2.07. The van der Waals surface area contributed by atoms with Gasteiger partial charge >= 0.3 is 0 Å². The Morgan fingerprint density at radius 3 is 2.62 bits per heavy atom.